The maximum atomic E-state index is 2.31. The number of hydrogen-bond acceptors (Lipinski definition) is 0. The first-order chi connectivity index (χ1) is 29.4. The van der Waals surface area contributed by atoms with Crippen molar-refractivity contribution in [3.8, 4) is 0 Å². The van der Waals surface area contributed by atoms with Crippen molar-refractivity contribution < 1.29 is 71.5 Å². The summed E-state index contributed by atoms with van der Waals surface area (Å²) in [6.07, 6.45) is 0. The van der Waals surface area contributed by atoms with E-state index in [1.54, 1.807) is 46.7 Å². The third-order valence-electron chi connectivity index (χ3n) is 10.8. The molecule has 0 saturated carbocycles. The molecule has 66 heavy (non-hydrogen) atoms. The molecular formula is C60H80Cl2Si2Zr2-2. The van der Waals surface area contributed by atoms with Crippen LogP contribution in [0.1, 0.15) is 128 Å². The Morgan fingerprint density at radius 3 is 0.621 bits per heavy atom. The van der Waals surface area contributed by atoms with Gasteiger partial charge in [0.1, 0.15) is 0 Å². The molecule has 0 bridgehead atoms. The van der Waals surface area contributed by atoms with Crippen molar-refractivity contribution in [3.63, 3.8) is 0 Å². The van der Waals surface area contributed by atoms with Crippen LogP contribution in [0.25, 0.3) is 43.1 Å². The zero-order valence-electron chi connectivity index (χ0n) is 44.3. The monoisotopic (exact) mass is 1110 g/mol. The van der Waals surface area contributed by atoms with Crippen molar-refractivity contribution in [2.75, 3.05) is 0 Å². The van der Waals surface area contributed by atoms with E-state index in [1.807, 2.05) is 0 Å². The fraction of sp³-hybridized carbons (Fsp3) is 0.400. The zero-order chi connectivity index (χ0) is 48.5. The maximum Gasteiger partial charge on any atom is -0.0220 e. The number of halogens is 2. The molecule has 0 saturated heterocycles. The molecule has 6 heteroatoms. The number of benzene rings is 4. The third-order valence-corrected chi connectivity index (χ3v) is 10.8. The summed E-state index contributed by atoms with van der Waals surface area (Å²) in [5.41, 5.74) is 12.6. The van der Waals surface area contributed by atoms with Gasteiger partial charge in [0.25, 0.3) is 0 Å². The Balaban J connectivity index is 0.000000413. The first kappa shape index (κ1) is 62.1. The molecule has 0 aliphatic rings. The molecule has 0 N–H and O–H groups in total. The third kappa shape index (κ3) is 19.1. The van der Waals surface area contributed by atoms with Crippen LogP contribution in [0.5, 0.6) is 0 Å². The minimum absolute atomic E-state index is 0. The fourth-order valence-corrected chi connectivity index (χ4v) is 8.15. The number of aryl methyl sites for hydroxylation is 4. The van der Waals surface area contributed by atoms with Crippen LogP contribution < -0.4 is 24.8 Å². The van der Waals surface area contributed by atoms with Gasteiger partial charge in [0.2, 0.25) is 0 Å². The SMILES string of the molecule is C[Si](C)=[Zr+2].C[Si](C)=[Zr+2].Cc1cc2c(C(C)(C)C)cccc2[cH-]1.Cc1cc2c(C(C)(C)C)cccc2[cH-]1.Cc1cc2c(C(C)(C)C)cccc2[cH-]1.Cc1cc2c(C(C)(C)C)cccc2[cH-]1.[Cl-].[Cl-]. The van der Waals surface area contributed by atoms with Crippen molar-refractivity contribution >= 4 is 54.0 Å². The zero-order valence-corrected chi connectivity index (χ0v) is 52.7. The summed E-state index contributed by atoms with van der Waals surface area (Å²) in [6.45, 7) is 45.1. The van der Waals surface area contributed by atoms with Gasteiger partial charge in [-0.1, -0.05) is 157 Å². The van der Waals surface area contributed by atoms with E-state index in [1.165, 1.54) is 87.6 Å². The summed E-state index contributed by atoms with van der Waals surface area (Å²) in [5, 5.41) is 11.1. The molecule has 0 heterocycles. The van der Waals surface area contributed by atoms with Crippen molar-refractivity contribution in [1.29, 1.82) is 0 Å². The van der Waals surface area contributed by atoms with Gasteiger partial charge in [-0.15, -0.1) is 138 Å². The summed E-state index contributed by atoms with van der Waals surface area (Å²) < 4.78 is 0. The molecule has 8 aromatic carbocycles. The summed E-state index contributed by atoms with van der Waals surface area (Å²) in [4.78, 5) is 0. The number of hydrogen-bond donors (Lipinski definition) is 0. The Hall–Kier alpha value is -1.90. The second kappa shape index (κ2) is 26.3. The topological polar surface area (TPSA) is 0 Å². The van der Waals surface area contributed by atoms with Crippen LogP contribution in [0.3, 0.4) is 0 Å². The Kier molecular flexibility index (Phi) is 24.8. The van der Waals surface area contributed by atoms with Crippen molar-refractivity contribution in [2.24, 2.45) is 0 Å². The van der Waals surface area contributed by atoms with Gasteiger partial charge in [0, 0.05) is 0 Å². The van der Waals surface area contributed by atoms with Crippen LogP contribution in [0, 0.1) is 27.7 Å². The van der Waals surface area contributed by atoms with E-state index >= 15 is 0 Å². The Bertz CT molecular complexity index is 2400. The van der Waals surface area contributed by atoms with Gasteiger partial charge in [-0.2, -0.15) is 24.3 Å². The van der Waals surface area contributed by atoms with Gasteiger partial charge in [0.05, 0.1) is 0 Å². The molecule has 352 valence electrons. The van der Waals surface area contributed by atoms with Gasteiger partial charge in [-0.05, 0) is 21.7 Å². The molecule has 0 atom stereocenters. The second-order valence-electron chi connectivity index (χ2n) is 22.4. The fourth-order valence-electron chi connectivity index (χ4n) is 8.15. The first-order valence-electron chi connectivity index (χ1n) is 23.1. The predicted octanol–water partition coefficient (Wildman–Crippen LogP) is 12.2. The number of fused-ring (bicyclic) bond motifs is 4. The minimum Gasteiger partial charge on any atom is -1.00 e. The van der Waals surface area contributed by atoms with E-state index in [4.69, 9.17) is 0 Å². The van der Waals surface area contributed by atoms with E-state index in [0.717, 1.165) is 0 Å². The van der Waals surface area contributed by atoms with Gasteiger partial charge in [0.15, 0.2) is 0 Å². The Morgan fingerprint density at radius 1 is 0.333 bits per heavy atom. The average Bonchev–Trinajstić information content (AvgIpc) is 3.91. The maximum absolute atomic E-state index is 2.31. The minimum atomic E-state index is 0. The molecule has 0 amide bonds. The Labute approximate surface area is 445 Å². The smallest absolute Gasteiger partial charge is 0.0220 e. The quantitative estimate of drug-likeness (QED) is 0.105. The molecule has 0 aliphatic carbocycles. The standard InChI is InChI=1S/4C14H17.2C2H6Si.2ClH.2Zr/c4*1-10-8-11-6-5-7-13(12(11)9-10)14(2,3)4;2*1-3-2;;;;/h4*5-9H,1-4H3;2*1-2H3;2*1H;;/q4*-1;;;;;2*+2/p-2. The molecule has 0 unspecified atom stereocenters. The van der Waals surface area contributed by atoms with Crippen LogP contribution >= 0.6 is 0 Å². The van der Waals surface area contributed by atoms with Crippen LogP contribution in [-0.2, 0) is 68.3 Å². The average molecular weight is 1110 g/mol. The van der Waals surface area contributed by atoms with Crippen molar-refractivity contribution in [2.45, 2.75) is 159 Å². The molecule has 8 rings (SSSR count). The normalized spacial score (nSPS) is 11.3. The largest absolute Gasteiger partial charge is 1.00 e. The van der Waals surface area contributed by atoms with E-state index in [-0.39, 0.29) is 57.3 Å². The van der Waals surface area contributed by atoms with Crippen LogP contribution in [-0.4, -0.2) is 10.9 Å². The number of rotatable bonds is 0. The Morgan fingerprint density at radius 2 is 0.485 bits per heavy atom. The van der Waals surface area contributed by atoms with Crippen molar-refractivity contribution in [1.82, 2.24) is 0 Å². The van der Waals surface area contributed by atoms with Gasteiger partial charge < -0.3 is 24.8 Å². The van der Waals surface area contributed by atoms with Crippen LogP contribution in [0.2, 0.25) is 26.2 Å². The second-order valence-corrected chi connectivity index (χ2v) is 41.1. The first-order valence-corrected chi connectivity index (χ1v) is 35.5. The van der Waals surface area contributed by atoms with E-state index < -0.39 is 0 Å². The molecule has 0 fully saturated rings. The molecule has 0 aliphatic heterocycles. The predicted molar refractivity (Wildman–Crippen MR) is 287 cm³/mol. The molecule has 0 nitrogen and oxygen atoms in total. The molecule has 0 aromatic heterocycles. The van der Waals surface area contributed by atoms with Gasteiger partial charge in [-0.3, -0.25) is 0 Å². The molecular weight excluding hydrogens is 1030 g/mol. The van der Waals surface area contributed by atoms with Crippen LogP contribution in [0.4, 0.5) is 0 Å². The van der Waals surface area contributed by atoms with E-state index in [9.17, 15) is 0 Å². The summed E-state index contributed by atoms with van der Waals surface area (Å²) in [5.74, 6) is 0. The summed E-state index contributed by atoms with van der Waals surface area (Å²) in [6, 6.07) is 44.5. The van der Waals surface area contributed by atoms with Gasteiger partial charge >= 0.3 is 83.7 Å². The molecule has 0 spiro atoms. The van der Waals surface area contributed by atoms with E-state index in [0.29, 0.717) is 0 Å². The van der Waals surface area contributed by atoms with Crippen molar-refractivity contribution in [3.05, 3.63) is 166 Å². The summed E-state index contributed by atoms with van der Waals surface area (Å²) >= 11 is 3.48. The molecule has 0 radical (unpaired) electrons. The van der Waals surface area contributed by atoms with Gasteiger partial charge in [-0.25, -0.2) is 0 Å². The van der Waals surface area contributed by atoms with Crippen LogP contribution in [0.15, 0.2) is 121 Å². The molecule has 8 aromatic rings. The summed E-state index contributed by atoms with van der Waals surface area (Å²) in [7, 11) is 0. The van der Waals surface area contributed by atoms with E-state index in [2.05, 4.69) is 258 Å².